The molecule has 1 aromatic heterocycles. The zero-order chi connectivity index (χ0) is 16.4. The maximum atomic E-state index is 13.7. The number of nitrogens with one attached hydrogen (secondary N) is 1. The van der Waals surface area contributed by atoms with Crippen molar-refractivity contribution in [3.8, 4) is 0 Å². The Hall–Kier alpha value is -2.44. The predicted octanol–water partition coefficient (Wildman–Crippen LogP) is 3.23. The van der Waals surface area contributed by atoms with Gasteiger partial charge in [-0.3, -0.25) is 4.79 Å². The Morgan fingerprint density at radius 3 is 2.65 bits per heavy atom. The summed E-state index contributed by atoms with van der Waals surface area (Å²) >= 11 is 0. The van der Waals surface area contributed by atoms with Crippen LogP contribution < -0.4 is 5.32 Å². The predicted molar refractivity (Wildman–Crippen MR) is 76.6 cm³/mol. The summed E-state index contributed by atoms with van der Waals surface area (Å²) in [5, 5.41) is 2.72. The van der Waals surface area contributed by atoms with Crippen molar-refractivity contribution >= 4 is 5.91 Å². The van der Waals surface area contributed by atoms with Gasteiger partial charge in [-0.05, 0) is 36.5 Å². The highest BCUT2D eigenvalue weighted by Crippen LogP contribution is 2.38. The molecule has 1 fully saturated rings. The Morgan fingerprint density at radius 1 is 1.22 bits per heavy atom. The summed E-state index contributed by atoms with van der Waals surface area (Å²) in [6.07, 6.45) is -0.586. The van der Waals surface area contributed by atoms with Crippen LogP contribution in [-0.2, 0) is 0 Å². The summed E-state index contributed by atoms with van der Waals surface area (Å²) in [6.45, 7) is 0. The molecule has 1 aliphatic rings. The van der Waals surface area contributed by atoms with Crippen LogP contribution in [0.25, 0.3) is 0 Å². The van der Waals surface area contributed by atoms with Crippen LogP contribution in [0.3, 0.4) is 0 Å². The Labute approximate surface area is 130 Å². The quantitative estimate of drug-likeness (QED) is 0.940. The van der Waals surface area contributed by atoms with Crippen molar-refractivity contribution in [1.29, 1.82) is 0 Å². The maximum Gasteiger partial charge on any atom is 0.280 e. The van der Waals surface area contributed by atoms with E-state index < -0.39 is 18.0 Å². The molecule has 0 radical (unpaired) electrons. The summed E-state index contributed by atoms with van der Waals surface area (Å²) < 4.78 is 38.8. The highest BCUT2D eigenvalue weighted by atomic mass is 19.3. The standard InChI is InChI=1S/C16H14F3N3O/c17-12-4-2-1-3-11(12)9-5-10(6-9)22-16(23)14-7-13(15(18)19)20-8-21-14/h1-4,7-10,15H,5-6H2,(H,22,23). The zero-order valence-electron chi connectivity index (χ0n) is 12.0. The normalized spacial score (nSPS) is 20.2. The van der Waals surface area contributed by atoms with Crippen molar-refractivity contribution in [3.05, 3.63) is 59.4 Å². The number of amides is 1. The minimum atomic E-state index is -2.75. The Kier molecular flexibility index (Phi) is 4.27. The number of rotatable bonds is 4. The SMILES string of the molecule is O=C(NC1CC(c2ccccc2F)C1)c1cc(C(F)F)ncn1. The van der Waals surface area contributed by atoms with E-state index in [1.54, 1.807) is 18.2 Å². The van der Waals surface area contributed by atoms with Crippen molar-refractivity contribution in [1.82, 2.24) is 15.3 Å². The molecule has 3 rings (SSSR count). The molecule has 0 spiro atoms. The lowest BCUT2D eigenvalue weighted by molar-refractivity contribution is 0.0902. The van der Waals surface area contributed by atoms with Crippen LogP contribution in [0, 0.1) is 5.82 Å². The van der Waals surface area contributed by atoms with Crippen molar-refractivity contribution in [3.63, 3.8) is 0 Å². The van der Waals surface area contributed by atoms with Crippen molar-refractivity contribution < 1.29 is 18.0 Å². The molecule has 0 aliphatic heterocycles. The molecule has 0 bridgehead atoms. The Balaban J connectivity index is 1.59. The van der Waals surface area contributed by atoms with Crippen LogP contribution in [0.2, 0.25) is 0 Å². The van der Waals surface area contributed by atoms with E-state index in [9.17, 15) is 18.0 Å². The van der Waals surface area contributed by atoms with Gasteiger partial charge >= 0.3 is 0 Å². The van der Waals surface area contributed by atoms with Gasteiger partial charge in [-0.2, -0.15) is 0 Å². The first kappa shape index (κ1) is 15.5. The summed E-state index contributed by atoms with van der Waals surface area (Å²) in [6, 6.07) is 7.42. The lowest BCUT2D eigenvalue weighted by Crippen LogP contribution is -2.43. The minimum Gasteiger partial charge on any atom is -0.348 e. The number of alkyl halides is 2. The molecule has 1 amide bonds. The van der Waals surface area contributed by atoms with Gasteiger partial charge in [0.15, 0.2) is 0 Å². The number of hydrogen-bond acceptors (Lipinski definition) is 3. The van der Waals surface area contributed by atoms with E-state index in [0.29, 0.717) is 18.4 Å². The lowest BCUT2D eigenvalue weighted by Gasteiger charge is -2.36. The van der Waals surface area contributed by atoms with Crippen molar-refractivity contribution in [2.45, 2.75) is 31.2 Å². The molecule has 2 aromatic rings. The zero-order valence-corrected chi connectivity index (χ0v) is 12.0. The number of halogens is 3. The second kappa shape index (κ2) is 6.36. The highest BCUT2D eigenvalue weighted by Gasteiger charge is 2.33. The minimum absolute atomic E-state index is 0.0588. The summed E-state index contributed by atoms with van der Waals surface area (Å²) in [7, 11) is 0. The second-order valence-corrected chi connectivity index (χ2v) is 5.49. The van der Waals surface area contributed by atoms with Crippen LogP contribution in [0.1, 0.15) is 46.9 Å². The topological polar surface area (TPSA) is 54.9 Å². The molecule has 1 N–H and O–H groups in total. The van der Waals surface area contributed by atoms with Gasteiger partial charge in [0.1, 0.15) is 23.5 Å². The molecule has 1 aliphatic carbocycles. The Bertz CT molecular complexity index is 717. The van der Waals surface area contributed by atoms with E-state index in [1.807, 2.05) is 0 Å². The fourth-order valence-corrected chi connectivity index (χ4v) is 2.67. The van der Waals surface area contributed by atoms with Crippen LogP contribution in [0.15, 0.2) is 36.7 Å². The third-order valence-electron chi connectivity index (χ3n) is 3.96. The van der Waals surface area contributed by atoms with Gasteiger partial charge in [0.2, 0.25) is 0 Å². The monoisotopic (exact) mass is 321 g/mol. The van der Waals surface area contributed by atoms with Crippen LogP contribution in [0.5, 0.6) is 0 Å². The fraction of sp³-hybridized carbons (Fsp3) is 0.312. The number of hydrogen-bond donors (Lipinski definition) is 1. The second-order valence-electron chi connectivity index (χ2n) is 5.49. The number of carbonyl (C=O) groups is 1. The van der Waals surface area contributed by atoms with Gasteiger partial charge in [-0.25, -0.2) is 23.1 Å². The molecule has 1 saturated carbocycles. The third kappa shape index (κ3) is 3.33. The first-order valence-corrected chi connectivity index (χ1v) is 7.20. The lowest BCUT2D eigenvalue weighted by atomic mass is 9.75. The molecule has 120 valence electrons. The van der Waals surface area contributed by atoms with Crippen LogP contribution >= 0.6 is 0 Å². The molecule has 1 aromatic carbocycles. The summed E-state index contributed by atoms with van der Waals surface area (Å²) in [4.78, 5) is 19.1. The smallest absolute Gasteiger partial charge is 0.280 e. The van der Waals surface area contributed by atoms with Gasteiger partial charge < -0.3 is 5.32 Å². The Morgan fingerprint density at radius 2 is 1.96 bits per heavy atom. The van der Waals surface area contributed by atoms with E-state index in [0.717, 1.165) is 12.4 Å². The number of aromatic nitrogens is 2. The van der Waals surface area contributed by atoms with E-state index in [1.165, 1.54) is 6.07 Å². The highest BCUT2D eigenvalue weighted by molar-refractivity contribution is 5.92. The average molecular weight is 321 g/mol. The first-order valence-electron chi connectivity index (χ1n) is 7.20. The molecule has 0 saturated heterocycles. The average Bonchev–Trinajstić information content (AvgIpc) is 2.51. The van der Waals surface area contributed by atoms with Crippen molar-refractivity contribution in [2.24, 2.45) is 0 Å². The van der Waals surface area contributed by atoms with Gasteiger partial charge in [-0.15, -0.1) is 0 Å². The van der Waals surface area contributed by atoms with Gasteiger partial charge in [0, 0.05) is 6.04 Å². The van der Waals surface area contributed by atoms with Crippen LogP contribution in [0.4, 0.5) is 13.2 Å². The van der Waals surface area contributed by atoms with Crippen molar-refractivity contribution in [2.75, 3.05) is 0 Å². The van der Waals surface area contributed by atoms with Gasteiger partial charge in [0.25, 0.3) is 12.3 Å². The molecule has 7 heteroatoms. The fourth-order valence-electron chi connectivity index (χ4n) is 2.67. The summed E-state index contributed by atoms with van der Waals surface area (Å²) in [5.74, 6) is -0.713. The summed E-state index contributed by atoms with van der Waals surface area (Å²) in [5.41, 5.74) is 0.0626. The van der Waals surface area contributed by atoms with E-state index >= 15 is 0 Å². The van der Waals surface area contributed by atoms with Gasteiger partial charge in [-0.1, -0.05) is 18.2 Å². The first-order chi connectivity index (χ1) is 11.0. The molecular weight excluding hydrogens is 307 g/mol. The molecule has 0 unspecified atom stereocenters. The molecular formula is C16H14F3N3O. The molecule has 4 nitrogen and oxygen atoms in total. The van der Waals surface area contributed by atoms with E-state index in [-0.39, 0.29) is 23.5 Å². The molecule has 23 heavy (non-hydrogen) atoms. The van der Waals surface area contributed by atoms with E-state index in [4.69, 9.17) is 0 Å². The number of nitrogens with zero attached hydrogens (tertiary/aromatic N) is 2. The molecule has 0 atom stereocenters. The molecule has 1 heterocycles. The van der Waals surface area contributed by atoms with Crippen LogP contribution in [-0.4, -0.2) is 21.9 Å². The largest absolute Gasteiger partial charge is 0.348 e. The number of benzene rings is 1. The maximum absolute atomic E-state index is 13.7. The third-order valence-corrected chi connectivity index (χ3v) is 3.96. The number of carbonyl (C=O) groups excluding carboxylic acids is 1. The van der Waals surface area contributed by atoms with Gasteiger partial charge in [0.05, 0.1) is 0 Å². The van der Waals surface area contributed by atoms with E-state index in [2.05, 4.69) is 15.3 Å².